The van der Waals surface area contributed by atoms with E-state index in [1.165, 1.54) is 6.08 Å². The van der Waals surface area contributed by atoms with Gasteiger partial charge in [-0.25, -0.2) is 31.4 Å². The highest BCUT2D eigenvalue weighted by molar-refractivity contribution is 7.89. The molecular formula is C12H11F3N2O3S. The normalized spacial score (nSPS) is 17.5. The fraction of sp³-hybridized carbons (Fsp3) is 0.417. The van der Waals surface area contributed by atoms with Gasteiger partial charge in [0, 0.05) is 25.2 Å². The Morgan fingerprint density at radius 1 is 1.14 bits per heavy atom. The van der Waals surface area contributed by atoms with Crippen molar-refractivity contribution in [1.29, 1.82) is 0 Å². The van der Waals surface area contributed by atoms with Crippen LogP contribution in [0, 0.1) is 17.5 Å². The molecule has 0 bridgehead atoms. The van der Waals surface area contributed by atoms with Gasteiger partial charge in [0.15, 0.2) is 4.90 Å². The molecule has 1 heterocycles. The van der Waals surface area contributed by atoms with E-state index in [0.717, 1.165) is 4.31 Å². The number of aliphatic imine (C=N–C) groups is 1. The number of carbonyl (C=O) groups excluding carboxylic acids is 1. The Hall–Kier alpha value is -1.70. The van der Waals surface area contributed by atoms with Gasteiger partial charge in [-0.3, -0.25) is 0 Å². The van der Waals surface area contributed by atoms with Crippen LogP contribution in [0.15, 0.2) is 22.0 Å². The lowest BCUT2D eigenvalue weighted by molar-refractivity contribution is 0.317. The molecule has 0 atom stereocenters. The molecule has 21 heavy (non-hydrogen) atoms. The molecule has 0 radical (unpaired) electrons. The van der Waals surface area contributed by atoms with E-state index in [1.54, 1.807) is 0 Å². The summed E-state index contributed by atoms with van der Waals surface area (Å²) in [5.74, 6) is -4.14. The first-order chi connectivity index (χ1) is 9.86. The smallest absolute Gasteiger partial charge is 0.211 e. The van der Waals surface area contributed by atoms with Crippen LogP contribution in [-0.2, 0) is 14.8 Å². The van der Waals surface area contributed by atoms with Crippen molar-refractivity contribution >= 4 is 16.1 Å². The molecule has 9 heteroatoms. The molecule has 1 aliphatic heterocycles. The molecule has 114 valence electrons. The Kier molecular flexibility index (Phi) is 4.46. The molecule has 1 fully saturated rings. The first-order valence-corrected chi connectivity index (χ1v) is 7.52. The standard InChI is InChI=1S/C12H11F3N2O3S/c13-8-5-10(14)12(11(15)6-8)21(19,20)17-3-1-9(2-4-17)16-7-18/h5-6,9H,1-4H2. The summed E-state index contributed by atoms with van der Waals surface area (Å²) in [5, 5.41) is 0. The van der Waals surface area contributed by atoms with E-state index in [0.29, 0.717) is 12.1 Å². The molecular weight excluding hydrogens is 309 g/mol. The van der Waals surface area contributed by atoms with E-state index in [9.17, 15) is 26.4 Å². The van der Waals surface area contributed by atoms with E-state index in [1.807, 2.05) is 0 Å². The Morgan fingerprint density at radius 3 is 2.14 bits per heavy atom. The van der Waals surface area contributed by atoms with E-state index >= 15 is 0 Å². The van der Waals surface area contributed by atoms with Crippen LogP contribution in [0.3, 0.4) is 0 Å². The molecule has 1 aromatic rings. The highest BCUT2D eigenvalue weighted by Gasteiger charge is 2.34. The quantitative estimate of drug-likeness (QED) is 0.627. The molecule has 1 aromatic carbocycles. The Bertz CT molecular complexity index is 671. The lowest BCUT2D eigenvalue weighted by atomic mass is 10.1. The van der Waals surface area contributed by atoms with Crippen LogP contribution >= 0.6 is 0 Å². The van der Waals surface area contributed by atoms with Crippen LogP contribution in [0.25, 0.3) is 0 Å². The third-order valence-corrected chi connectivity index (χ3v) is 5.17. The van der Waals surface area contributed by atoms with Crippen LogP contribution in [0.1, 0.15) is 12.8 Å². The second kappa shape index (κ2) is 5.97. The summed E-state index contributed by atoms with van der Waals surface area (Å²) in [4.78, 5) is 12.5. The SMILES string of the molecule is O=C=NC1CCN(S(=O)(=O)c2c(F)cc(F)cc2F)CC1. The fourth-order valence-electron chi connectivity index (χ4n) is 2.19. The van der Waals surface area contributed by atoms with Crippen molar-refractivity contribution < 1.29 is 26.4 Å². The maximum Gasteiger partial charge on any atom is 0.248 e. The van der Waals surface area contributed by atoms with Crippen molar-refractivity contribution in [3.05, 3.63) is 29.6 Å². The first kappa shape index (κ1) is 15.7. The van der Waals surface area contributed by atoms with Crippen molar-refractivity contribution in [3.8, 4) is 0 Å². The zero-order chi connectivity index (χ0) is 15.6. The summed E-state index contributed by atoms with van der Waals surface area (Å²) in [6, 6.07) is 0.288. The molecule has 0 spiro atoms. The third kappa shape index (κ3) is 3.15. The minimum absolute atomic E-state index is 0.0333. The van der Waals surface area contributed by atoms with Crippen LogP contribution in [0.2, 0.25) is 0 Å². The number of rotatable bonds is 3. The van der Waals surface area contributed by atoms with Gasteiger partial charge in [0.25, 0.3) is 0 Å². The number of isocyanates is 1. The molecule has 1 aliphatic rings. The van der Waals surface area contributed by atoms with Gasteiger partial charge in [-0.15, -0.1) is 0 Å². The van der Waals surface area contributed by atoms with E-state index in [2.05, 4.69) is 4.99 Å². The van der Waals surface area contributed by atoms with E-state index in [4.69, 9.17) is 0 Å². The molecule has 0 amide bonds. The summed E-state index contributed by atoms with van der Waals surface area (Å²) in [5.41, 5.74) is 0. The van der Waals surface area contributed by atoms with Crippen molar-refractivity contribution in [2.24, 2.45) is 4.99 Å². The molecule has 0 unspecified atom stereocenters. The van der Waals surface area contributed by atoms with Gasteiger partial charge in [-0.1, -0.05) is 0 Å². The van der Waals surface area contributed by atoms with Crippen molar-refractivity contribution in [2.75, 3.05) is 13.1 Å². The van der Waals surface area contributed by atoms with Crippen LogP contribution < -0.4 is 0 Å². The van der Waals surface area contributed by atoms with E-state index < -0.39 is 32.4 Å². The largest absolute Gasteiger partial charge is 0.248 e. The summed E-state index contributed by atoms with van der Waals surface area (Å²) in [6.07, 6.45) is 1.89. The molecule has 1 saturated heterocycles. The average molecular weight is 320 g/mol. The van der Waals surface area contributed by atoms with Crippen molar-refractivity contribution in [3.63, 3.8) is 0 Å². The number of hydrogen-bond donors (Lipinski definition) is 0. The summed E-state index contributed by atoms with van der Waals surface area (Å²) >= 11 is 0. The number of nitrogens with zero attached hydrogens (tertiary/aromatic N) is 2. The molecule has 2 rings (SSSR count). The van der Waals surface area contributed by atoms with Crippen molar-refractivity contribution in [2.45, 2.75) is 23.8 Å². The Balaban J connectivity index is 2.30. The average Bonchev–Trinajstić information content (AvgIpc) is 2.38. The molecule has 0 aliphatic carbocycles. The zero-order valence-electron chi connectivity index (χ0n) is 10.7. The van der Waals surface area contributed by atoms with Gasteiger partial charge in [-0.2, -0.15) is 4.31 Å². The maximum atomic E-state index is 13.6. The zero-order valence-corrected chi connectivity index (χ0v) is 11.5. The van der Waals surface area contributed by atoms with Crippen LogP contribution in [-0.4, -0.2) is 37.9 Å². The highest BCUT2D eigenvalue weighted by Crippen LogP contribution is 2.26. The van der Waals surface area contributed by atoms with Gasteiger partial charge >= 0.3 is 0 Å². The fourth-order valence-corrected chi connectivity index (χ4v) is 3.75. The Labute approximate surface area is 119 Å². The number of sulfonamides is 1. The van der Waals surface area contributed by atoms with Gasteiger partial charge < -0.3 is 0 Å². The van der Waals surface area contributed by atoms with Gasteiger partial charge in [0.05, 0.1) is 6.04 Å². The summed E-state index contributed by atoms with van der Waals surface area (Å²) < 4.78 is 65.4. The minimum Gasteiger partial charge on any atom is -0.211 e. The first-order valence-electron chi connectivity index (χ1n) is 6.08. The second-order valence-electron chi connectivity index (χ2n) is 4.55. The Morgan fingerprint density at radius 2 is 1.67 bits per heavy atom. The summed E-state index contributed by atoms with van der Waals surface area (Å²) in [7, 11) is -4.40. The van der Waals surface area contributed by atoms with Crippen LogP contribution in [0.4, 0.5) is 13.2 Å². The minimum atomic E-state index is -4.40. The van der Waals surface area contributed by atoms with Gasteiger partial charge in [-0.05, 0) is 12.8 Å². The molecule has 0 aromatic heterocycles. The van der Waals surface area contributed by atoms with Crippen LogP contribution in [0.5, 0.6) is 0 Å². The topological polar surface area (TPSA) is 66.8 Å². The third-order valence-electron chi connectivity index (χ3n) is 3.22. The number of hydrogen-bond acceptors (Lipinski definition) is 4. The van der Waals surface area contributed by atoms with Crippen molar-refractivity contribution in [1.82, 2.24) is 4.31 Å². The number of benzene rings is 1. The molecule has 0 N–H and O–H groups in total. The number of halogens is 3. The van der Waals surface area contributed by atoms with Gasteiger partial charge in [0.2, 0.25) is 16.1 Å². The lowest BCUT2D eigenvalue weighted by Gasteiger charge is -2.28. The summed E-state index contributed by atoms with van der Waals surface area (Å²) in [6.45, 7) is -0.0666. The lowest BCUT2D eigenvalue weighted by Crippen LogP contribution is -2.40. The molecule has 5 nitrogen and oxygen atoms in total. The predicted molar refractivity (Wildman–Crippen MR) is 66.2 cm³/mol. The molecule has 0 saturated carbocycles. The maximum absolute atomic E-state index is 13.6. The number of piperidine rings is 1. The highest BCUT2D eigenvalue weighted by atomic mass is 32.2. The predicted octanol–water partition coefficient (Wildman–Crippen LogP) is 1.59. The van der Waals surface area contributed by atoms with E-state index in [-0.39, 0.29) is 32.0 Å². The van der Waals surface area contributed by atoms with Gasteiger partial charge in [0.1, 0.15) is 17.5 Å². The monoisotopic (exact) mass is 320 g/mol. The second-order valence-corrected chi connectivity index (χ2v) is 6.43.